The predicted octanol–water partition coefficient (Wildman–Crippen LogP) is 5.25. The third-order valence-corrected chi connectivity index (χ3v) is 6.14. The maximum absolute atomic E-state index is 12.6. The molecular weight excluding hydrogens is 406 g/mol. The van der Waals surface area contributed by atoms with Crippen molar-refractivity contribution >= 4 is 17.2 Å². The van der Waals surface area contributed by atoms with Crippen molar-refractivity contribution < 1.29 is 9.90 Å². The maximum Gasteiger partial charge on any atom is 0.263 e. The number of phenolic OH excluding ortho intramolecular Hbond substituents is 1. The van der Waals surface area contributed by atoms with Crippen molar-refractivity contribution in [3.63, 3.8) is 0 Å². The first kappa shape index (κ1) is 20.8. The lowest BCUT2D eigenvalue weighted by Crippen LogP contribution is -2.24. The number of aromatic hydroxyl groups is 1. The Bertz CT molecular complexity index is 1150. The number of pyridine rings is 1. The van der Waals surface area contributed by atoms with E-state index in [1.54, 1.807) is 18.3 Å². The molecular formula is C25H23N3O2S. The zero-order valence-corrected chi connectivity index (χ0v) is 18.0. The molecule has 2 aromatic carbocycles. The van der Waals surface area contributed by atoms with Crippen LogP contribution in [0.25, 0.3) is 21.8 Å². The Balaban J connectivity index is 1.38. The van der Waals surface area contributed by atoms with Crippen LogP contribution in [-0.4, -0.2) is 27.5 Å². The molecule has 0 bridgehead atoms. The van der Waals surface area contributed by atoms with Crippen molar-refractivity contribution in [1.29, 1.82) is 0 Å². The quantitative estimate of drug-likeness (QED) is 0.394. The summed E-state index contributed by atoms with van der Waals surface area (Å²) in [5.74, 6) is 0.146. The maximum atomic E-state index is 12.6. The van der Waals surface area contributed by atoms with E-state index in [9.17, 15) is 9.90 Å². The second kappa shape index (κ2) is 9.53. The van der Waals surface area contributed by atoms with Gasteiger partial charge in [-0.05, 0) is 49.1 Å². The van der Waals surface area contributed by atoms with Crippen LogP contribution in [0.5, 0.6) is 5.75 Å². The molecule has 2 N–H and O–H groups in total. The summed E-state index contributed by atoms with van der Waals surface area (Å²) in [5.41, 5.74) is 4.65. The fourth-order valence-corrected chi connectivity index (χ4v) is 4.24. The molecule has 0 fully saturated rings. The van der Waals surface area contributed by atoms with Gasteiger partial charge in [0.1, 0.15) is 15.6 Å². The molecule has 0 atom stereocenters. The molecule has 5 nitrogen and oxygen atoms in total. The van der Waals surface area contributed by atoms with E-state index < -0.39 is 0 Å². The third-order valence-electron chi connectivity index (χ3n) is 4.96. The van der Waals surface area contributed by atoms with E-state index >= 15 is 0 Å². The number of carbonyl (C=O) groups is 1. The summed E-state index contributed by atoms with van der Waals surface area (Å²) in [7, 11) is 0. The molecule has 0 aliphatic heterocycles. The van der Waals surface area contributed by atoms with Gasteiger partial charge in [-0.3, -0.25) is 9.78 Å². The molecule has 2 heterocycles. The van der Waals surface area contributed by atoms with Crippen LogP contribution < -0.4 is 5.32 Å². The number of hydrogen-bond donors (Lipinski definition) is 2. The minimum atomic E-state index is -0.0879. The number of aromatic nitrogens is 2. The second-order valence-electron chi connectivity index (χ2n) is 7.26. The molecule has 6 heteroatoms. The molecule has 4 rings (SSSR count). The van der Waals surface area contributed by atoms with Gasteiger partial charge in [0.2, 0.25) is 0 Å². The first-order valence-electron chi connectivity index (χ1n) is 10.2. The van der Waals surface area contributed by atoms with Crippen LogP contribution in [0.1, 0.15) is 27.3 Å². The minimum absolute atomic E-state index is 0.0879. The highest BCUT2D eigenvalue weighted by Gasteiger charge is 2.16. The summed E-state index contributed by atoms with van der Waals surface area (Å²) in [4.78, 5) is 22.3. The minimum Gasteiger partial charge on any atom is -0.508 e. The molecule has 0 spiro atoms. The Morgan fingerprint density at radius 2 is 1.74 bits per heavy atom. The Morgan fingerprint density at radius 1 is 1.00 bits per heavy atom. The molecule has 0 saturated carbocycles. The largest absolute Gasteiger partial charge is 0.508 e. The van der Waals surface area contributed by atoms with Gasteiger partial charge in [0.05, 0.1) is 11.4 Å². The first-order valence-corrected chi connectivity index (χ1v) is 11.0. The molecule has 0 aliphatic rings. The molecule has 0 saturated heterocycles. The van der Waals surface area contributed by atoms with E-state index in [1.165, 1.54) is 16.9 Å². The summed E-state index contributed by atoms with van der Waals surface area (Å²) in [6, 6.07) is 21.1. The van der Waals surface area contributed by atoms with E-state index in [1.807, 2.05) is 49.4 Å². The number of phenols is 1. The summed E-state index contributed by atoms with van der Waals surface area (Å²) in [5, 5.41) is 13.2. The monoisotopic (exact) mass is 429 g/mol. The fraction of sp³-hybridized carbons (Fsp3) is 0.160. The molecule has 0 aliphatic carbocycles. The lowest BCUT2D eigenvalue weighted by molar-refractivity contribution is 0.0956. The van der Waals surface area contributed by atoms with Crippen LogP contribution in [0.3, 0.4) is 0 Å². The topological polar surface area (TPSA) is 75.1 Å². The van der Waals surface area contributed by atoms with E-state index in [2.05, 4.69) is 27.4 Å². The third kappa shape index (κ3) is 5.16. The van der Waals surface area contributed by atoms with Crippen LogP contribution in [0.15, 0.2) is 72.9 Å². The number of aryl methyl sites for hydroxylation is 2. The molecule has 2 aromatic heterocycles. The first-order chi connectivity index (χ1) is 15.1. The average Bonchev–Trinajstić information content (AvgIpc) is 3.20. The summed E-state index contributed by atoms with van der Waals surface area (Å²) in [6.45, 7) is 2.48. The fourth-order valence-electron chi connectivity index (χ4n) is 3.28. The van der Waals surface area contributed by atoms with Crippen molar-refractivity contribution in [2.75, 3.05) is 6.54 Å². The molecule has 0 radical (unpaired) electrons. The smallest absolute Gasteiger partial charge is 0.263 e. The van der Waals surface area contributed by atoms with Gasteiger partial charge in [0.15, 0.2) is 0 Å². The zero-order valence-electron chi connectivity index (χ0n) is 17.2. The number of rotatable bonds is 7. The van der Waals surface area contributed by atoms with Gasteiger partial charge < -0.3 is 10.4 Å². The van der Waals surface area contributed by atoms with Gasteiger partial charge in [0, 0.05) is 18.3 Å². The van der Waals surface area contributed by atoms with Crippen molar-refractivity contribution in [3.05, 3.63) is 89.1 Å². The highest BCUT2D eigenvalue weighted by molar-refractivity contribution is 7.17. The second-order valence-corrected chi connectivity index (χ2v) is 8.26. The SMILES string of the molecule is Cc1nc(-c2ccc(-c3ccc(O)cc3)cn2)sc1C(=O)NCCCc1ccccc1. The highest BCUT2D eigenvalue weighted by atomic mass is 32.1. The number of nitrogens with one attached hydrogen (secondary N) is 1. The summed E-state index contributed by atoms with van der Waals surface area (Å²) >= 11 is 1.36. The van der Waals surface area contributed by atoms with Gasteiger partial charge in [0.25, 0.3) is 5.91 Å². The van der Waals surface area contributed by atoms with E-state index in [0.29, 0.717) is 17.1 Å². The normalized spacial score (nSPS) is 10.7. The molecule has 4 aromatic rings. The van der Waals surface area contributed by atoms with Crippen LogP contribution in [0, 0.1) is 6.92 Å². The van der Waals surface area contributed by atoms with Crippen molar-refractivity contribution in [1.82, 2.24) is 15.3 Å². The van der Waals surface area contributed by atoms with Gasteiger partial charge in [-0.1, -0.05) is 48.5 Å². The standard InChI is InChI=1S/C25H23N3O2S/c1-17-23(24(30)26-15-5-8-18-6-3-2-4-7-18)31-25(28-17)22-14-11-20(16-27-22)19-9-12-21(29)13-10-19/h2-4,6-7,9-14,16,29H,5,8,15H2,1H3,(H,26,30). The summed E-state index contributed by atoms with van der Waals surface area (Å²) < 4.78 is 0. The van der Waals surface area contributed by atoms with Gasteiger partial charge >= 0.3 is 0 Å². The lowest BCUT2D eigenvalue weighted by atomic mass is 10.1. The van der Waals surface area contributed by atoms with Crippen molar-refractivity contribution in [2.45, 2.75) is 19.8 Å². The van der Waals surface area contributed by atoms with Crippen molar-refractivity contribution in [2.24, 2.45) is 0 Å². The van der Waals surface area contributed by atoms with Gasteiger partial charge in [-0.15, -0.1) is 11.3 Å². The predicted molar refractivity (Wildman–Crippen MR) is 124 cm³/mol. The van der Waals surface area contributed by atoms with Crippen molar-refractivity contribution in [3.8, 4) is 27.6 Å². The van der Waals surface area contributed by atoms with Gasteiger partial charge in [-0.2, -0.15) is 0 Å². The Morgan fingerprint density at radius 3 is 2.45 bits per heavy atom. The number of benzene rings is 2. The van der Waals surface area contributed by atoms with E-state index in [0.717, 1.165) is 34.7 Å². The van der Waals surface area contributed by atoms with Crippen LogP contribution in [0.2, 0.25) is 0 Å². The van der Waals surface area contributed by atoms with Crippen LogP contribution in [-0.2, 0) is 6.42 Å². The zero-order chi connectivity index (χ0) is 21.6. The van der Waals surface area contributed by atoms with Gasteiger partial charge in [-0.25, -0.2) is 4.98 Å². The number of carbonyl (C=O) groups excluding carboxylic acids is 1. The number of hydrogen-bond acceptors (Lipinski definition) is 5. The lowest BCUT2D eigenvalue weighted by Gasteiger charge is -2.04. The van der Waals surface area contributed by atoms with Crippen LogP contribution in [0.4, 0.5) is 0 Å². The number of thiazole rings is 1. The van der Waals surface area contributed by atoms with Crippen LogP contribution >= 0.6 is 11.3 Å². The van der Waals surface area contributed by atoms with E-state index in [-0.39, 0.29) is 11.7 Å². The molecule has 0 unspecified atom stereocenters. The van der Waals surface area contributed by atoms with E-state index in [4.69, 9.17) is 0 Å². The summed E-state index contributed by atoms with van der Waals surface area (Å²) in [6.07, 6.45) is 3.61. The highest BCUT2D eigenvalue weighted by Crippen LogP contribution is 2.28. The Kier molecular flexibility index (Phi) is 6.38. The molecule has 31 heavy (non-hydrogen) atoms. The number of amides is 1. The Hall–Kier alpha value is -3.51. The molecule has 1 amide bonds. The number of nitrogens with zero attached hydrogens (tertiary/aromatic N) is 2. The Labute approximate surface area is 185 Å². The molecule has 156 valence electrons. The average molecular weight is 430 g/mol.